The summed E-state index contributed by atoms with van der Waals surface area (Å²) in [6.07, 6.45) is 0.857. The molecule has 0 aromatic carbocycles. The van der Waals surface area contributed by atoms with Crippen molar-refractivity contribution in [2.24, 2.45) is 5.92 Å². The third-order valence-electron chi connectivity index (χ3n) is 2.10. The summed E-state index contributed by atoms with van der Waals surface area (Å²) in [5, 5.41) is 23.4. The predicted octanol–water partition coefficient (Wildman–Crippen LogP) is 1.88. The summed E-state index contributed by atoms with van der Waals surface area (Å²) >= 11 is 2.57. The van der Waals surface area contributed by atoms with Crippen LogP contribution in [-0.4, -0.2) is 33.3 Å². The van der Waals surface area contributed by atoms with Crippen molar-refractivity contribution in [3.05, 3.63) is 10.0 Å². The minimum Gasteiger partial charge on any atom is -0.363 e. The van der Waals surface area contributed by atoms with Gasteiger partial charge in [0.25, 0.3) is 5.91 Å². The van der Waals surface area contributed by atoms with E-state index < -0.39 is 0 Å². The van der Waals surface area contributed by atoms with E-state index in [1.54, 1.807) is 7.05 Å². The summed E-state index contributed by atoms with van der Waals surface area (Å²) in [6, 6.07) is 0. The summed E-state index contributed by atoms with van der Waals surface area (Å²) in [4.78, 5) is 11.9. The Morgan fingerprint density at radius 3 is 2.53 bits per heavy atom. The molecule has 0 fully saturated rings. The molecule has 2 aromatic heterocycles. The summed E-state index contributed by atoms with van der Waals surface area (Å²) in [5.74, 6) is 0.198. The second kappa shape index (κ2) is 6.02. The molecule has 2 heterocycles. The van der Waals surface area contributed by atoms with Gasteiger partial charge in [0.1, 0.15) is 5.01 Å². The van der Waals surface area contributed by atoms with Crippen LogP contribution in [0.2, 0.25) is 0 Å². The third-order valence-corrected chi connectivity index (χ3v) is 3.90. The molecule has 0 aliphatic heterocycles. The number of anilines is 2. The first-order valence-corrected chi connectivity index (χ1v) is 7.36. The van der Waals surface area contributed by atoms with Crippen molar-refractivity contribution in [2.75, 3.05) is 17.7 Å². The molecule has 0 atom stereocenters. The van der Waals surface area contributed by atoms with Gasteiger partial charge in [-0.1, -0.05) is 36.5 Å². The number of carbonyl (C=O) groups is 1. The molecule has 0 aliphatic carbocycles. The van der Waals surface area contributed by atoms with E-state index in [4.69, 9.17) is 0 Å². The highest BCUT2D eigenvalue weighted by molar-refractivity contribution is 7.17. The first kappa shape index (κ1) is 13.8. The maximum atomic E-state index is 11.9. The molecule has 0 radical (unpaired) electrons. The number of nitrogens with one attached hydrogen (secondary N) is 2. The highest BCUT2D eigenvalue weighted by Crippen LogP contribution is 2.20. The first-order chi connectivity index (χ1) is 9.08. The lowest BCUT2D eigenvalue weighted by atomic mass is 10.1. The highest BCUT2D eigenvalue weighted by atomic mass is 32.1. The predicted molar refractivity (Wildman–Crippen MR) is 75.9 cm³/mol. The van der Waals surface area contributed by atoms with Crippen LogP contribution in [0.3, 0.4) is 0 Å². The average molecular weight is 298 g/mol. The Morgan fingerprint density at radius 1 is 1.16 bits per heavy atom. The summed E-state index contributed by atoms with van der Waals surface area (Å²) in [6.45, 7) is 4.22. The standard InChI is InChI=1S/C10H14N6OS2/c1-5(2)4-6-13-16-10(18-6)12-7(17)8-14-15-9(11-3)19-8/h5H,4H2,1-3H3,(H,11,15)(H,12,16,17). The number of carbonyl (C=O) groups excluding carboxylic acids is 1. The monoisotopic (exact) mass is 298 g/mol. The van der Waals surface area contributed by atoms with Gasteiger partial charge in [-0.25, -0.2) is 0 Å². The molecule has 0 spiro atoms. The minimum atomic E-state index is -0.314. The van der Waals surface area contributed by atoms with Crippen LogP contribution in [0.5, 0.6) is 0 Å². The van der Waals surface area contributed by atoms with Crippen molar-refractivity contribution in [3.8, 4) is 0 Å². The molecule has 0 bridgehead atoms. The maximum Gasteiger partial charge on any atom is 0.288 e. The van der Waals surface area contributed by atoms with Crippen LogP contribution >= 0.6 is 22.7 Å². The molecule has 0 saturated heterocycles. The van der Waals surface area contributed by atoms with Gasteiger partial charge in [-0.2, -0.15) is 0 Å². The van der Waals surface area contributed by atoms with E-state index in [1.165, 1.54) is 22.7 Å². The lowest BCUT2D eigenvalue weighted by molar-refractivity contribution is 0.102. The number of rotatable bonds is 5. The van der Waals surface area contributed by atoms with Crippen molar-refractivity contribution in [3.63, 3.8) is 0 Å². The molecule has 19 heavy (non-hydrogen) atoms. The Kier molecular flexibility index (Phi) is 4.38. The third kappa shape index (κ3) is 3.67. The van der Waals surface area contributed by atoms with Crippen molar-refractivity contribution in [1.29, 1.82) is 0 Å². The smallest absolute Gasteiger partial charge is 0.288 e. The van der Waals surface area contributed by atoms with E-state index in [2.05, 4.69) is 44.9 Å². The van der Waals surface area contributed by atoms with Crippen LogP contribution < -0.4 is 10.6 Å². The number of amides is 1. The molecular weight excluding hydrogens is 284 g/mol. The van der Waals surface area contributed by atoms with E-state index in [0.29, 0.717) is 21.2 Å². The zero-order valence-electron chi connectivity index (χ0n) is 10.8. The summed E-state index contributed by atoms with van der Waals surface area (Å²) in [7, 11) is 1.73. The normalized spacial score (nSPS) is 10.7. The van der Waals surface area contributed by atoms with Crippen molar-refractivity contribution in [1.82, 2.24) is 20.4 Å². The van der Waals surface area contributed by atoms with Crippen molar-refractivity contribution < 1.29 is 4.79 Å². The molecule has 1 amide bonds. The fraction of sp³-hybridized carbons (Fsp3) is 0.500. The highest BCUT2D eigenvalue weighted by Gasteiger charge is 2.15. The van der Waals surface area contributed by atoms with Gasteiger partial charge in [0.05, 0.1) is 0 Å². The molecule has 9 heteroatoms. The zero-order chi connectivity index (χ0) is 13.8. The lowest BCUT2D eigenvalue weighted by Gasteiger charge is -1.97. The minimum absolute atomic E-state index is 0.296. The first-order valence-electron chi connectivity index (χ1n) is 5.73. The topological polar surface area (TPSA) is 92.7 Å². The van der Waals surface area contributed by atoms with E-state index >= 15 is 0 Å². The molecule has 0 aliphatic rings. The van der Waals surface area contributed by atoms with E-state index in [1.807, 2.05) is 0 Å². The SMILES string of the molecule is CNc1nnc(C(=O)Nc2nnc(CC(C)C)s2)s1. The van der Waals surface area contributed by atoms with Crippen LogP contribution in [0.4, 0.5) is 10.3 Å². The Labute approximate surface area is 118 Å². The summed E-state index contributed by atoms with van der Waals surface area (Å²) in [5.41, 5.74) is 0. The maximum absolute atomic E-state index is 11.9. The van der Waals surface area contributed by atoms with Gasteiger partial charge in [-0.05, 0) is 5.92 Å². The van der Waals surface area contributed by atoms with Crippen molar-refractivity contribution >= 4 is 38.8 Å². The molecule has 102 valence electrons. The Morgan fingerprint density at radius 2 is 1.89 bits per heavy atom. The average Bonchev–Trinajstić information content (AvgIpc) is 2.97. The van der Waals surface area contributed by atoms with Crippen LogP contribution in [-0.2, 0) is 6.42 Å². The molecular formula is C10H14N6OS2. The number of hydrogen-bond donors (Lipinski definition) is 2. The fourth-order valence-corrected chi connectivity index (χ4v) is 2.84. The lowest BCUT2D eigenvalue weighted by Crippen LogP contribution is -2.11. The Bertz CT molecular complexity index is 564. The second-order valence-corrected chi connectivity index (χ2v) is 6.26. The van der Waals surface area contributed by atoms with Crippen LogP contribution in [0, 0.1) is 5.92 Å². The molecule has 2 aromatic rings. The van der Waals surface area contributed by atoms with Gasteiger partial charge in [0, 0.05) is 13.5 Å². The zero-order valence-corrected chi connectivity index (χ0v) is 12.4. The van der Waals surface area contributed by atoms with Gasteiger partial charge in [-0.15, -0.1) is 20.4 Å². The van der Waals surface area contributed by atoms with Gasteiger partial charge >= 0.3 is 0 Å². The van der Waals surface area contributed by atoms with E-state index in [9.17, 15) is 4.79 Å². The van der Waals surface area contributed by atoms with Gasteiger partial charge < -0.3 is 5.32 Å². The Hall–Kier alpha value is -1.61. The quantitative estimate of drug-likeness (QED) is 0.875. The molecule has 0 unspecified atom stereocenters. The molecule has 7 nitrogen and oxygen atoms in total. The largest absolute Gasteiger partial charge is 0.363 e. The van der Waals surface area contributed by atoms with E-state index in [-0.39, 0.29) is 5.91 Å². The van der Waals surface area contributed by atoms with Gasteiger partial charge in [0.15, 0.2) is 0 Å². The summed E-state index contributed by atoms with van der Waals surface area (Å²) < 4.78 is 0. The molecule has 0 saturated carbocycles. The van der Waals surface area contributed by atoms with E-state index in [0.717, 1.165) is 11.4 Å². The van der Waals surface area contributed by atoms with Crippen LogP contribution in [0.1, 0.15) is 28.7 Å². The number of hydrogen-bond acceptors (Lipinski definition) is 8. The van der Waals surface area contributed by atoms with Gasteiger partial charge in [0.2, 0.25) is 15.3 Å². The van der Waals surface area contributed by atoms with Gasteiger partial charge in [-0.3, -0.25) is 10.1 Å². The van der Waals surface area contributed by atoms with Crippen LogP contribution in [0.15, 0.2) is 0 Å². The van der Waals surface area contributed by atoms with Crippen LogP contribution in [0.25, 0.3) is 0 Å². The Balaban J connectivity index is 2.00. The van der Waals surface area contributed by atoms with Crippen molar-refractivity contribution in [2.45, 2.75) is 20.3 Å². The second-order valence-electron chi connectivity index (χ2n) is 4.22. The number of aromatic nitrogens is 4. The number of nitrogens with zero attached hydrogens (tertiary/aromatic N) is 4. The fourth-order valence-electron chi connectivity index (χ4n) is 1.30. The molecule has 2 rings (SSSR count). The molecule has 2 N–H and O–H groups in total.